The summed E-state index contributed by atoms with van der Waals surface area (Å²) in [7, 11) is 0. The summed E-state index contributed by atoms with van der Waals surface area (Å²) in [6, 6.07) is 15.2. The highest BCUT2D eigenvalue weighted by Crippen LogP contribution is 2.22. The second-order valence-corrected chi connectivity index (χ2v) is 5.45. The fourth-order valence-electron chi connectivity index (χ4n) is 2.29. The van der Waals surface area contributed by atoms with E-state index in [4.69, 9.17) is 0 Å². The van der Waals surface area contributed by atoms with Crippen LogP contribution in [-0.4, -0.2) is 26.2 Å². The topological polar surface area (TPSA) is 114 Å². The number of nitrogens with zero attached hydrogens (tertiary/aromatic N) is 4. The van der Waals surface area contributed by atoms with Gasteiger partial charge < -0.3 is 5.11 Å². The summed E-state index contributed by atoms with van der Waals surface area (Å²) in [4.78, 5) is 18.9. The van der Waals surface area contributed by atoms with Crippen molar-refractivity contribution in [2.24, 2.45) is 5.10 Å². The molecule has 2 N–H and O–H groups in total. The van der Waals surface area contributed by atoms with E-state index in [0.29, 0.717) is 0 Å². The average molecular weight is 349 g/mol. The van der Waals surface area contributed by atoms with Crippen molar-refractivity contribution in [3.8, 4) is 17.0 Å². The number of hydrogen-bond acceptors (Lipinski definition) is 7. The third-order valence-corrected chi connectivity index (χ3v) is 3.51. The van der Waals surface area contributed by atoms with Crippen molar-refractivity contribution < 1.29 is 10.0 Å². The van der Waals surface area contributed by atoms with E-state index in [9.17, 15) is 15.2 Å². The molecule has 130 valence electrons. The molecule has 0 saturated carbocycles. The van der Waals surface area contributed by atoms with Crippen LogP contribution in [0, 0.1) is 17.0 Å². The molecule has 3 aromatic rings. The zero-order valence-electron chi connectivity index (χ0n) is 13.8. The predicted octanol–water partition coefficient (Wildman–Crippen LogP) is 3.51. The fourth-order valence-corrected chi connectivity index (χ4v) is 2.29. The third-order valence-electron chi connectivity index (χ3n) is 3.51. The van der Waals surface area contributed by atoms with Crippen molar-refractivity contribution >= 4 is 17.9 Å². The minimum absolute atomic E-state index is 0.115. The predicted molar refractivity (Wildman–Crippen MR) is 98.2 cm³/mol. The molecule has 0 atom stereocenters. The molecule has 0 fully saturated rings. The van der Waals surface area contributed by atoms with Gasteiger partial charge in [-0.05, 0) is 19.1 Å². The number of non-ortho nitro benzene ring substituents is 1. The molecule has 0 bridgehead atoms. The Balaban J connectivity index is 1.82. The van der Waals surface area contributed by atoms with Crippen LogP contribution >= 0.6 is 0 Å². The van der Waals surface area contributed by atoms with Crippen LogP contribution in [0.25, 0.3) is 11.3 Å². The van der Waals surface area contributed by atoms with Crippen molar-refractivity contribution in [1.82, 2.24) is 9.97 Å². The highest BCUT2D eigenvalue weighted by atomic mass is 16.6. The van der Waals surface area contributed by atoms with Gasteiger partial charge in [0, 0.05) is 29.0 Å². The summed E-state index contributed by atoms with van der Waals surface area (Å²) in [5, 5.41) is 24.6. The van der Waals surface area contributed by atoms with Gasteiger partial charge in [-0.25, -0.2) is 15.4 Å². The average Bonchev–Trinajstić information content (AvgIpc) is 2.63. The summed E-state index contributed by atoms with van der Waals surface area (Å²) in [6.45, 7) is 1.84. The van der Waals surface area contributed by atoms with E-state index in [1.54, 1.807) is 0 Å². The fraction of sp³-hybridized carbons (Fsp3) is 0.0556. The zero-order chi connectivity index (χ0) is 18.5. The standard InChI is InChI=1S/C18H15N5O3/c1-12-9-16(13-5-3-2-4-6-13)21-18(20-12)22-19-11-14-10-15(23(25)26)7-8-17(14)24/h2-11,24H,1H3,(H,20,21,22). The minimum atomic E-state index is -0.542. The summed E-state index contributed by atoms with van der Waals surface area (Å²) >= 11 is 0. The van der Waals surface area contributed by atoms with Gasteiger partial charge in [-0.15, -0.1) is 0 Å². The molecular formula is C18H15N5O3. The minimum Gasteiger partial charge on any atom is -0.507 e. The largest absolute Gasteiger partial charge is 0.507 e. The van der Waals surface area contributed by atoms with E-state index in [2.05, 4.69) is 20.5 Å². The van der Waals surface area contributed by atoms with Gasteiger partial charge in [0.05, 0.1) is 16.8 Å². The van der Waals surface area contributed by atoms with Gasteiger partial charge in [-0.3, -0.25) is 10.1 Å². The lowest BCUT2D eigenvalue weighted by Gasteiger charge is -2.05. The molecule has 0 radical (unpaired) electrons. The molecular weight excluding hydrogens is 334 g/mol. The lowest BCUT2D eigenvalue weighted by Crippen LogP contribution is -2.00. The maximum Gasteiger partial charge on any atom is 0.270 e. The van der Waals surface area contributed by atoms with E-state index in [-0.39, 0.29) is 22.9 Å². The SMILES string of the molecule is Cc1cc(-c2ccccc2)nc(NN=Cc2cc([N+](=O)[O-])ccc2O)n1. The first-order valence-electron chi connectivity index (χ1n) is 7.70. The first-order valence-corrected chi connectivity index (χ1v) is 7.70. The van der Waals surface area contributed by atoms with Gasteiger partial charge in [0.15, 0.2) is 0 Å². The number of aromatic nitrogens is 2. The normalized spacial score (nSPS) is 10.8. The number of phenols is 1. The Morgan fingerprint density at radius 1 is 1.15 bits per heavy atom. The number of hydrogen-bond donors (Lipinski definition) is 2. The van der Waals surface area contributed by atoms with Crippen LogP contribution in [0.5, 0.6) is 5.75 Å². The van der Waals surface area contributed by atoms with Crippen molar-refractivity contribution in [2.45, 2.75) is 6.92 Å². The van der Waals surface area contributed by atoms with Crippen LogP contribution in [-0.2, 0) is 0 Å². The van der Waals surface area contributed by atoms with Crippen LogP contribution in [0.1, 0.15) is 11.3 Å². The molecule has 0 spiro atoms. The number of phenolic OH excluding ortho intramolecular Hbond substituents is 1. The Morgan fingerprint density at radius 2 is 1.92 bits per heavy atom. The Morgan fingerprint density at radius 3 is 2.65 bits per heavy atom. The Bertz CT molecular complexity index is 974. The maximum atomic E-state index is 10.8. The monoisotopic (exact) mass is 349 g/mol. The molecule has 1 aromatic heterocycles. The molecule has 0 unspecified atom stereocenters. The number of anilines is 1. The Hall–Kier alpha value is -3.81. The summed E-state index contributed by atoms with van der Waals surface area (Å²) in [6.07, 6.45) is 1.27. The lowest BCUT2D eigenvalue weighted by atomic mass is 10.1. The van der Waals surface area contributed by atoms with Gasteiger partial charge in [0.25, 0.3) is 5.69 Å². The first-order chi connectivity index (χ1) is 12.5. The number of benzene rings is 2. The summed E-state index contributed by atoms with van der Waals surface area (Å²) in [5.41, 5.74) is 5.21. The van der Waals surface area contributed by atoms with Crippen molar-refractivity contribution in [3.05, 3.63) is 76.0 Å². The Kier molecular flexibility index (Phi) is 4.84. The molecule has 8 nitrogen and oxygen atoms in total. The smallest absolute Gasteiger partial charge is 0.270 e. The van der Waals surface area contributed by atoms with Gasteiger partial charge >= 0.3 is 0 Å². The van der Waals surface area contributed by atoms with Crippen LogP contribution in [0.4, 0.5) is 11.6 Å². The Labute approximate surface area is 149 Å². The number of nitrogens with one attached hydrogen (secondary N) is 1. The van der Waals surface area contributed by atoms with Gasteiger partial charge in [0.1, 0.15) is 5.75 Å². The maximum absolute atomic E-state index is 10.8. The molecule has 8 heteroatoms. The van der Waals surface area contributed by atoms with Crippen molar-refractivity contribution in [2.75, 3.05) is 5.43 Å². The van der Waals surface area contributed by atoms with E-state index in [1.807, 2.05) is 43.3 Å². The first kappa shape index (κ1) is 17.0. The quantitative estimate of drug-likeness (QED) is 0.414. The number of hydrazone groups is 1. The molecule has 0 aliphatic carbocycles. The molecule has 0 amide bonds. The second-order valence-electron chi connectivity index (χ2n) is 5.45. The van der Waals surface area contributed by atoms with E-state index in [0.717, 1.165) is 17.0 Å². The molecule has 0 saturated heterocycles. The van der Waals surface area contributed by atoms with Gasteiger partial charge in [0.2, 0.25) is 5.95 Å². The molecule has 1 heterocycles. The number of aryl methyl sites for hydroxylation is 1. The zero-order valence-corrected chi connectivity index (χ0v) is 13.8. The second kappa shape index (κ2) is 7.39. The molecule has 0 aliphatic heterocycles. The van der Waals surface area contributed by atoms with Crippen LogP contribution in [0.2, 0.25) is 0 Å². The number of rotatable bonds is 5. The molecule has 0 aliphatic rings. The summed E-state index contributed by atoms with van der Waals surface area (Å²) in [5.74, 6) is 0.168. The van der Waals surface area contributed by atoms with E-state index in [1.165, 1.54) is 24.4 Å². The van der Waals surface area contributed by atoms with Gasteiger partial charge in [-0.1, -0.05) is 30.3 Å². The molecule has 2 aromatic carbocycles. The highest BCUT2D eigenvalue weighted by Gasteiger charge is 2.09. The molecule has 26 heavy (non-hydrogen) atoms. The van der Waals surface area contributed by atoms with Gasteiger partial charge in [-0.2, -0.15) is 5.10 Å². The van der Waals surface area contributed by atoms with Crippen LogP contribution in [0.15, 0.2) is 59.7 Å². The summed E-state index contributed by atoms with van der Waals surface area (Å²) < 4.78 is 0. The van der Waals surface area contributed by atoms with Crippen molar-refractivity contribution in [3.63, 3.8) is 0 Å². The number of nitro groups is 1. The van der Waals surface area contributed by atoms with Crippen LogP contribution < -0.4 is 5.43 Å². The van der Waals surface area contributed by atoms with Crippen LogP contribution in [0.3, 0.4) is 0 Å². The van der Waals surface area contributed by atoms with E-state index >= 15 is 0 Å². The lowest BCUT2D eigenvalue weighted by molar-refractivity contribution is -0.384. The third kappa shape index (κ3) is 3.99. The number of nitro benzene ring substituents is 1. The van der Waals surface area contributed by atoms with E-state index < -0.39 is 4.92 Å². The number of aromatic hydroxyl groups is 1. The highest BCUT2D eigenvalue weighted by molar-refractivity contribution is 5.84. The molecule has 3 rings (SSSR count). The van der Waals surface area contributed by atoms with Crippen molar-refractivity contribution in [1.29, 1.82) is 0 Å².